The third-order valence-electron chi connectivity index (χ3n) is 0.977. The zero-order valence-electron chi connectivity index (χ0n) is 4.65. The highest BCUT2D eigenvalue weighted by atomic mass is 16.3. The van der Waals surface area contributed by atoms with Gasteiger partial charge in [-0.15, -0.1) is 0 Å². The standard InChI is InChI=1S/C5H12NO/c1-3-5(4-7)6-2/h5-7H,1,3-4H2,2H3. The van der Waals surface area contributed by atoms with Gasteiger partial charge >= 0.3 is 0 Å². The molecule has 1 unspecified atom stereocenters. The van der Waals surface area contributed by atoms with Crippen molar-refractivity contribution in [1.29, 1.82) is 0 Å². The summed E-state index contributed by atoms with van der Waals surface area (Å²) in [5, 5.41) is 11.3. The van der Waals surface area contributed by atoms with Crippen molar-refractivity contribution in [2.45, 2.75) is 12.5 Å². The van der Waals surface area contributed by atoms with E-state index in [1.54, 1.807) is 0 Å². The maximum Gasteiger partial charge on any atom is 0.0584 e. The van der Waals surface area contributed by atoms with Gasteiger partial charge in [-0.1, -0.05) is 6.92 Å². The lowest BCUT2D eigenvalue weighted by Crippen LogP contribution is -2.27. The Morgan fingerprint density at radius 3 is 2.43 bits per heavy atom. The fraction of sp³-hybridized carbons (Fsp3) is 0.800. The molecule has 0 aromatic rings. The van der Waals surface area contributed by atoms with E-state index in [0.29, 0.717) is 0 Å². The Labute approximate surface area is 44.5 Å². The van der Waals surface area contributed by atoms with Gasteiger partial charge in [0.15, 0.2) is 0 Å². The molecule has 0 bridgehead atoms. The van der Waals surface area contributed by atoms with Crippen molar-refractivity contribution in [3.05, 3.63) is 6.92 Å². The highest BCUT2D eigenvalue weighted by molar-refractivity contribution is 4.61. The molecular formula is C5H12NO. The lowest BCUT2D eigenvalue weighted by molar-refractivity contribution is 0.249. The van der Waals surface area contributed by atoms with Gasteiger partial charge < -0.3 is 10.4 Å². The Balaban J connectivity index is 2.99. The molecule has 7 heavy (non-hydrogen) atoms. The molecule has 1 atom stereocenters. The van der Waals surface area contributed by atoms with Crippen molar-refractivity contribution in [2.24, 2.45) is 0 Å². The molecule has 0 amide bonds. The zero-order chi connectivity index (χ0) is 5.70. The summed E-state index contributed by atoms with van der Waals surface area (Å²) in [4.78, 5) is 0. The van der Waals surface area contributed by atoms with Gasteiger partial charge in [0.05, 0.1) is 6.61 Å². The number of likely N-dealkylation sites (N-methyl/N-ethyl adjacent to an activating group) is 1. The van der Waals surface area contributed by atoms with Gasteiger partial charge in [0, 0.05) is 6.04 Å². The number of hydrogen-bond donors (Lipinski definition) is 2. The third-order valence-corrected chi connectivity index (χ3v) is 0.977. The van der Waals surface area contributed by atoms with Crippen LogP contribution < -0.4 is 5.32 Å². The van der Waals surface area contributed by atoms with Gasteiger partial charge in [-0.25, -0.2) is 0 Å². The second kappa shape index (κ2) is 4.09. The first kappa shape index (κ1) is 6.92. The van der Waals surface area contributed by atoms with Gasteiger partial charge in [0.25, 0.3) is 0 Å². The van der Waals surface area contributed by atoms with E-state index in [9.17, 15) is 0 Å². The van der Waals surface area contributed by atoms with Gasteiger partial charge in [-0.3, -0.25) is 0 Å². The molecule has 0 fully saturated rings. The number of rotatable bonds is 3. The minimum Gasteiger partial charge on any atom is -0.395 e. The highest BCUT2D eigenvalue weighted by Gasteiger charge is 1.95. The maximum atomic E-state index is 8.42. The molecule has 0 spiro atoms. The minimum absolute atomic E-state index is 0.181. The summed E-state index contributed by atoms with van der Waals surface area (Å²) in [6.07, 6.45) is 0.743. The van der Waals surface area contributed by atoms with Gasteiger partial charge in [-0.05, 0) is 13.5 Å². The molecule has 0 saturated carbocycles. The van der Waals surface area contributed by atoms with Crippen LogP contribution in [0.25, 0.3) is 0 Å². The van der Waals surface area contributed by atoms with Crippen LogP contribution in [-0.2, 0) is 0 Å². The smallest absolute Gasteiger partial charge is 0.0584 e. The molecule has 0 aliphatic heterocycles. The fourth-order valence-corrected chi connectivity index (χ4v) is 0.327. The van der Waals surface area contributed by atoms with Crippen molar-refractivity contribution in [2.75, 3.05) is 13.7 Å². The summed E-state index contributed by atoms with van der Waals surface area (Å²) in [6, 6.07) is 0.181. The predicted molar refractivity (Wildman–Crippen MR) is 29.9 cm³/mol. The lowest BCUT2D eigenvalue weighted by atomic mass is 10.2. The van der Waals surface area contributed by atoms with Gasteiger partial charge in [-0.2, -0.15) is 0 Å². The Morgan fingerprint density at radius 1 is 1.86 bits per heavy atom. The number of aliphatic hydroxyl groups excluding tert-OH is 1. The van der Waals surface area contributed by atoms with Crippen molar-refractivity contribution in [1.82, 2.24) is 5.32 Å². The molecule has 0 aromatic heterocycles. The van der Waals surface area contributed by atoms with E-state index in [1.165, 1.54) is 0 Å². The van der Waals surface area contributed by atoms with Crippen LogP contribution in [0.4, 0.5) is 0 Å². The highest BCUT2D eigenvalue weighted by Crippen LogP contribution is 1.83. The third kappa shape index (κ3) is 2.60. The van der Waals surface area contributed by atoms with Crippen molar-refractivity contribution < 1.29 is 5.11 Å². The average Bonchev–Trinajstić information content (AvgIpc) is 1.72. The van der Waals surface area contributed by atoms with Crippen LogP contribution in [0, 0.1) is 6.92 Å². The molecule has 0 aliphatic rings. The molecular weight excluding hydrogens is 90.1 g/mol. The van der Waals surface area contributed by atoms with E-state index in [0.717, 1.165) is 6.42 Å². The first-order valence-electron chi connectivity index (χ1n) is 2.42. The zero-order valence-corrected chi connectivity index (χ0v) is 4.65. The van der Waals surface area contributed by atoms with Crippen LogP contribution in [0.1, 0.15) is 6.42 Å². The van der Waals surface area contributed by atoms with E-state index in [2.05, 4.69) is 12.2 Å². The second-order valence-corrected chi connectivity index (χ2v) is 1.46. The topological polar surface area (TPSA) is 32.3 Å². The molecule has 0 aliphatic carbocycles. The quantitative estimate of drug-likeness (QED) is 0.517. The molecule has 43 valence electrons. The van der Waals surface area contributed by atoms with E-state index < -0.39 is 0 Å². The molecule has 0 saturated heterocycles. The van der Waals surface area contributed by atoms with Crippen molar-refractivity contribution in [3.63, 3.8) is 0 Å². The van der Waals surface area contributed by atoms with Crippen molar-refractivity contribution in [3.8, 4) is 0 Å². The molecule has 2 nitrogen and oxygen atoms in total. The van der Waals surface area contributed by atoms with Crippen LogP contribution in [0.5, 0.6) is 0 Å². The summed E-state index contributed by atoms with van der Waals surface area (Å²) in [5.41, 5.74) is 0. The first-order valence-corrected chi connectivity index (χ1v) is 2.42. The van der Waals surface area contributed by atoms with Crippen LogP contribution >= 0.6 is 0 Å². The molecule has 0 aromatic carbocycles. The predicted octanol–water partition coefficient (Wildman–Crippen LogP) is -0.209. The average molecular weight is 102 g/mol. The molecule has 0 rings (SSSR count). The number of nitrogens with one attached hydrogen (secondary N) is 1. The van der Waals surface area contributed by atoms with Crippen LogP contribution in [0.3, 0.4) is 0 Å². The lowest BCUT2D eigenvalue weighted by Gasteiger charge is -2.07. The summed E-state index contributed by atoms with van der Waals surface area (Å²) in [5.74, 6) is 0. The van der Waals surface area contributed by atoms with Crippen LogP contribution in [0.2, 0.25) is 0 Å². The normalized spacial score (nSPS) is 14.1. The maximum absolute atomic E-state index is 8.42. The number of aliphatic hydroxyl groups is 1. The summed E-state index contributed by atoms with van der Waals surface area (Å²) >= 11 is 0. The largest absolute Gasteiger partial charge is 0.395 e. The van der Waals surface area contributed by atoms with E-state index in [-0.39, 0.29) is 12.6 Å². The van der Waals surface area contributed by atoms with E-state index >= 15 is 0 Å². The molecule has 1 radical (unpaired) electrons. The molecule has 0 heterocycles. The summed E-state index contributed by atoms with van der Waals surface area (Å²) in [6.45, 7) is 3.79. The summed E-state index contributed by atoms with van der Waals surface area (Å²) < 4.78 is 0. The fourth-order valence-electron chi connectivity index (χ4n) is 0.327. The van der Waals surface area contributed by atoms with Gasteiger partial charge in [0.2, 0.25) is 0 Å². The Morgan fingerprint density at radius 2 is 2.43 bits per heavy atom. The minimum atomic E-state index is 0.181. The Bertz CT molecular complexity index is 29.6. The van der Waals surface area contributed by atoms with Crippen LogP contribution in [-0.4, -0.2) is 24.8 Å². The van der Waals surface area contributed by atoms with Crippen molar-refractivity contribution >= 4 is 0 Å². The SMILES string of the molecule is [CH2]CC(CO)NC. The number of hydrogen-bond acceptors (Lipinski definition) is 2. The Kier molecular flexibility index (Phi) is 4.04. The first-order chi connectivity index (χ1) is 3.35. The Hall–Kier alpha value is -0.0800. The van der Waals surface area contributed by atoms with Crippen LogP contribution in [0.15, 0.2) is 0 Å². The molecule has 2 N–H and O–H groups in total. The van der Waals surface area contributed by atoms with E-state index in [1.807, 2.05) is 7.05 Å². The summed E-state index contributed by atoms with van der Waals surface area (Å²) in [7, 11) is 1.81. The monoisotopic (exact) mass is 102 g/mol. The van der Waals surface area contributed by atoms with E-state index in [4.69, 9.17) is 5.11 Å². The molecule has 2 heteroatoms. The second-order valence-electron chi connectivity index (χ2n) is 1.46. The van der Waals surface area contributed by atoms with Gasteiger partial charge in [0.1, 0.15) is 0 Å².